The molecule has 13 heavy (non-hydrogen) atoms. The van der Waals surface area contributed by atoms with E-state index in [0.717, 1.165) is 5.92 Å². The summed E-state index contributed by atoms with van der Waals surface area (Å²) in [7, 11) is 0. The minimum atomic E-state index is 0.579. The molecule has 1 aliphatic rings. The Labute approximate surface area is 84.1 Å². The van der Waals surface area contributed by atoms with E-state index in [1.807, 2.05) is 0 Å². The molecule has 0 heterocycles. The highest BCUT2D eigenvalue weighted by molar-refractivity contribution is 4.87. The molecule has 0 heteroatoms. The van der Waals surface area contributed by atoms with Crippen molar-refractivity contribution in [2.24, 2.45) is 16.7 Å². The lowest BCUT2D eigenvalue weighted by Gasteiger charge is -2.38. The number of hydrogen-bond acceptors (Lipinski definition) is 0. The summed E-state index contributed by atoms with van der Waals surface area (Å²) in [5.41, 5.74) is 1.18. The van der Waals surface area contributed by atoms with Crippen molar-refractivity contribution in [1.82, 2.24) is 0 Å². The van der Waals surface area contributed by atoms with Gasteiger partial charge in [-0.2, -0.15) is 0 Å². The van der Waals surface area contributed by atoms with Crippen LogP contribution in [0.3, 0.4) is 0 Å². The van der Waals surface area contributed by atoms with Crippen molar-refractivity contribution in [2.75, 3.05) is 0 Å². The van der Waals surface area contributed by atoms with E-state index in [9.17, 15) is 0 Å². The fourth-order valence-corrected chi connectivity index (χ4v) is 2.90. The Morgan fingerprint density at radius 1 is 0.923 bits per heavy atom. The largest absolute Gasteiger partial charge is 0.0623 e. The third-order valence-corrected chi connectivity index (χ3v) is 4.13. The van der Waals surface area contributed by atoms with E-state index in [2.05, 4.69) is 34.6 Å². The summed E-state index contributed by atoms with van der Waals surface area (Å²) in [4.78, 5) is 0. The summed E-state index contributed by atoms with van der Waals surface area (Å²) in [6.45, 7) is 12.2. The SMILES string of the molecule is CC(C)C1(C)CCCCC(C)(C)C1. The highest BCUT2D eigenvalue weighted by atomic mass is 14.4. The predicted molar refractivity (Wildman–Crippen MR) is 59.8 cm³/mol. The average Bonchev–Trinajstić information content (AvgIpc) is 2.09. The van der Waals surface area contributed by atoms with E-state index in [-0.39, 0.29) is 0 Å². The van der Waals surface area contributed by atoms with Crippen LogP contribution in [0.15, 0.2) is 0 Å². The van der Waals surface area contributed by atoms with Crippen LogP contribution in [0.4, 0.5) is 0 Å². The zero-order chi connectivity index (χ0) is 10.1. The van der Waals surface area contributed by atoms with Gasteiger partial charge in [0.05, 0.1) is 0 Å². The van der Waals surface area contributed by atoms with Crippen LogP contribution in [-0.2, 0) is 0 Å². The molecule has 1 saturated carbocycles. The molecule has 1 atom stereocenters. The summed E-state index contributed by atoms with van der Waals surface area (Å²) < 4.78 is 0. The zero-order valence-corrected chi connectivity index (χ0v) is 10.1. The van der Waals surface area contributed by atoms with Gasteiger partial charge in [0.1, 0.15) is 0 Å². The molecule has 0 saturated heterocycles. The van der Waals surface area contributed by atoms with E-state index in [1.165, 1.54) is 32.1 Å². The van der Waals surface area contributed by atoms with Crippen LogP contribution >= 0.6 is 0 Å². The predicted octanol–water partition coefficient (Wildman–Crippen LogP) is 4.64. The van der Waals surface area contributed by atoms with Crippen LogP contribution in [0.2, 0.25) is 0 Å². The maximum atomic E-state index is 2.49. The Hall–Kier alpha value is 0. The van der Waals surface area contributed by atoms with Crippen molar-refractivity contribution in [1.29, 1.82) is 0 Å². The van der Waals surface area contributed by atoms with E-state index in [1.54, 1.807) is 0 Å². The van der Waals surface area contributed by atoms with Crippen LogP contribution in [-0.4, -0.2) is 0 Å². The van der Waals surface area contributed by atoms with E-state index >= 15 is 0 Å². The molecule has 1 aliphatic carbocycles. The van der Waals surface area contributed by atoms with Crippen LogP contribution < -0.4 is 0 Å². The summed E-state index contributed by atoms with van der Waals surface area (Å²) >= 11 is 0. The molecule has 1 fully saturated rings. The molecule has 1 rings (SSSR count). The summed E-state index contributed by atoms with van der Waals surface area (Å²) in [6.07, 6.45) is 7.16. The maximum Gasteiger partial charge on any atom is -0.0298 e. The zero-order valence-electron chi connectivity index (χ0n) is 10.1. The van der Waals surface area contributed by atoms with Gasteiger partial charge in [0, 0.05) is 0 Å². The molecule has 0 nitrogen and oxygen atoms in total. The van der Waals surface area contributed by atoms with Crippen molar-refractivity contribution in [2.45, 2.75) is 66.7 Å². The van der Waals surface area contributed by atoms with Crippen LogP contribution in [0.25, 0.3) is 0 Å². The lowest BCUT2D eigenvalue weighted by Crippen LogP contribution is -2.28. The minimum absolute atomic E-state index is 0.579. The molecule has 0 aromatic carbocycles. The van der Waals surface area contributed by atoms with Gasteiger partial charge in [-0.1, -0.05) is 47.5 Å². The van der Waals surface area contributed by atoms with Crippen molar-refractivity contribution in [3.63, 3.8) is 0 Å². The highest BCUT2D eigenvalue weighted by Gasteiger charge is 2.36. The molecule has 0 radical (unpaired) electrons. The average molecular weight is 182 g/mol. The van der Waals surface area contributed by atoms with Gasteiger partial charge in [-0.05, 0) is 36.0 Å². The van der Waals surface area contributed by atoms with Gasteiger partial charge in [0.2, 0.25) is 0 Å². The molecule has 78 valence electrons. The Balaban J connectivity index is 2.75. The second-order valence-corrected chi connectivity index (χ2v) is 6.36. The molecule has 1 unspecified atom stereocenters. The monoisotopic (exact) mass is 182 g/mol. The summed E-state index contributed by atoms with van der Waals surface area (Å²) in [6, 6.07) is 0. The molecular formula is C13H26. The molecule has 0 aromatic heterocycles. The molecule has 0 N–H and O–H groups in total. The first kappa shape index (κ1) is 11.1. The van der Waals surface area contributed by atoms with Crippen LogP contribution in [0.5, 0.6) is 0 Å². The third kappa shape index (κ3) is 2.72. The van der Waals surface area contributed by atoms with Crippen molar-refractivity contribution < 1.29 is 0 Å². The standard InChI is InChI=1S/C13H26/c1-11(2)13(5)9-7-6-8-12(3,4)10-13/h11H,6-10H2,1-5H3. The van der Waals surface area contributed by atoms with E-state index in [0.29, 0.717) is 10.8 Å². The van der Waals surface area contributed by atoms with E-state index in [4.69, 9.17) is 0 Å². The Bertz CT molecular complexity index is 167. The molecule has 0 spiro atoms. The van der Waals surface area contributed by atoms with Gasteiger partial charge in [-0.25, -0.2) is 0 Å². The van der Waals surface area contributed by atoms with E-state index < -0.39 is 0 Å². The fourth-order valence-electron chi connectivity index (χ4n) is 2.90. The van der Waals surface area contributed by atoms with Crippen molar-refractivity contribution in [3.8, 4) is 0 Å². The lowest BCUT2D eigenvalue weighted by atomic mass is 9.67. The topological polar surface area (TPSA) is 0 Å². The fraction of sp³-hybridized carbons (Fsp3) is 1.00. The molecule has 0 bridgehead atoms. The van der Waals surface area contributed by atoms with Crippen LogP contribution in [0, 0.1) is 16.7 Å². The number of hydrogen-bond donors (Lipinski definition) is 0. The molecule has 0 aliphatic heterocycles. The second-order valence-electron chi connectivity index (χ2n) is 6.36. The van der Waals surface area contributed by atoms with Gasteiger partial charge in [-0.15, -0.1) is 0 Å². The van der Waals surface area contributed by atoms with Gasteiger partial charge < -0.3 is 0 Å². The van der Waals surface area contributed by atoms with Gasteiger partial charge in [0.25, 0.3) is 0 Å². The van der Waals surface area contributed by atoms with Crippen molar-refractivity contribution >= 4 is 0 Å². The lowest BCUT2D eigenvalue weighted by molar-refractivity contribution is 0.123. The van der Waals surface area contributed by atoms with Gasteiger partial charge in [-0.3, -0.25) is 0 Å². The normalized spacial score (nSPS) is 34.6. The molecule has 0 aromatic rings. The number of rotatable bonds is 1. The third-order valence-electron chi connectivity index (χ3n) is 4.13. The molecular weight excluding hydrogens is 156 g/mol. The smallest absolute Gasteiger partial charge is 0.0298 e. The first-order valence-corrected chi connectivity index (χ1v) is 5.86. The van der Waals surface area contributed by atoms with Gasteiger partial charge >= 0.3 is 0 Å². The first-order chi connectivity index (χ1) is 5.86. The van der Waals surface area contributed by atoms with Crippen molar-refractivity contribution in [3.05, 3.63) is 0 Å². The van der Waals surface area contributed by atoms with Crippen LogP contribution in [0.1, 0.15) is 66.7 Å². The van der Waals surface area contributed by atoms with Gasteiger partial charge in [0.15, 0.2) is 0 Å². The molecule has 0 amide bonds. The first-order valence-electron chi connectivity index (χ1n) is 5.86. The minimum Gasteiger partial charge on any atom is -0.0623 e. The summed E-state index contributed by atoms with van der Waals surface area (Å²) in [5, 5.41) is 0. The Morgan fingerprint density at radius 3 is 2.00 bits per heavy atom. The second kappa shape index (κ2) is 3.63. The quantitative estimate of drug-likeness (QED) is 0.518. The Kier molecular flexibility index (Phi) is 3.09. The maximum absolute atomic E-state index is 2.49. The highest BCUT2D eigenvalue weighted by Crippen LogP contribution is 2.47. The summed E-state index contributed by atoms with van der Waals surface area (Å²) in [5.74, 6) is 0.838. The Morgan fingerprint density at radius 2 is 1.46 bits per heavy atom.